The zero-order valence-corrected chi connectivity index (χ0v) is 20.6. The largest absolute Gasteiger partial charge is 0.493 e. The van der Waals surface area contributed by atoms with Crippen LogP contribution >= 0.6 is 47.8 Å². The molecule has 154 valence electrons. The Balaban J connectivity index is 2.42. The van der Waals surface area contributed by atoms with Gasteiger partial charge in [0.25, 0.3) is 0 Å². The number of halogens is 3. The number of hydrogen-bond donors (Lipinski definition) is 0. The highest BCUT2D eigenvalue weighted by molar-refractivity contribution is 9.28. The summed E-state index contributed by atoms with van der Waals surface area (Å²) >= 11 is 10.3. The number of hydrogen-bond acceptors (Lipinski definition) is 6. The van der Waals surface area contributed by atoms with Crippen molar-refractivity contribution in [3.63, 3.8) is 0 Å². The lowest BCUT2D eigenvalue weighted by molar-refractivity contribution is -0.132. The Hall–Kier alpha value is -1.84. The van der Waals surface area contributed by atoms with Crippen molar-refractivity contribution in [1.29, 1.82) is 0 Å². The van der Waals surface area contributed by atoms with Gasteiger partial charge in [0.15, 0.2) is 17.2 Å². The van der Waals surface area contributed by atoms with Crippen molar-refractivity contribution in [1.82, 2.24) is 0 Å². The zero-order valence-electron chi connectivity index (χ0n) is 15.9. The lowest BCUT2D eigenvalue weighted by Crippen LogP contribution is -2.19. The highest BCUT2D eigenvalue weighted by Crippen LogP contribution is 2.40. The molecule has 0 heterocycles. The van der Waals surface area contributed by atoms with E-state index in [-0.39, 0.29) is 12.3 Å². The normalized spacial score (nSPS) is 10.9. The molecule has 0 radical (unpaired) electrons. The second kappa shape index (κ2) is 11.4. The van der Waals surface area contributed by atoms with Crippen LogP contribution in [0.5, 0.6) is 11.5 Å². The second-order valence-corrected chi connectivity index (χ2v) is 9.06. The fourth-order valence-corrected chi connectivity index (χ4v) is 3.54. The van der Waals surface area contributed by atoms with Crippen LogP contribution in [-0.2, 0) is 21.0 Å². The molecule has 6 nitrogen and oxygen atoms in total. The van der Waals surface area contributed by atoms with E-state index in [0.717, 1.165) is 19.0 Å². The monoisotopic (exact) mass is 589 g/mol. The average Bonchev–Trinajstić information content (AvgIpc) is 2.72. The van der Waals surface area contributed by atoms with Crippen molar-refractivity contribution in [2.45, 2.75) is 6.61 Å². The summed E-state index contributed by atoms with van der Waals surface area (Å²) in [6, 6.07) is 10.9. The van der Waals surface area contributed by atoms with Crippen molar-refractivity contribution in [3.8, 4) is 11.5 Å². The highest BCUT2D eigenvalue weighted by atomic mass is 79.9. The predicted molar refractivity (Wildman–Crippen MR) is 123 cm³/mol. The van der Waals surface area contributed by atoms with Gasteiger partial charge in [0.1, 0.15) is 13.7 Å². The molecule has 0 spiro atoms. The maximum absolute atomic E-state index is 12.1. The van der Waals surface area contributed by atoms with Gasteiger partial charge >= 0.3 is 5.97 Å². The molecule has 0 aromatic heterocycles. The molecule has 29 heavy (non-hydrogen) atoms. The molecule has 2 rings (SSSR count). The van der Waals surface area contributed by atoms with Gasteiger partial charge in [-0.2, -0.15) is 0 Å². The number of methoxy groups -OCH3 is 2. The van der Waals surface area contributed by atoms with E-state index in [4.69, 9.17) is 19.0 Å². The van der Waals surface area contributed by atoms with Crippen LogP contribution in [0.1, 0.15) is 16.7 Å². The van der Waals surface area contributed by atoms with Crippen LogP contribution < -0.4 is 9.47 Å². The van der Waals surface area contributed by atoms with Gasteiger partial charge < -0.3 is 19.0 Å². The molecule has 0 aliphatic rings. The van der Waals surface area contributed by atoms with Gasteiger partial charge in [-0.05, 0) is 77.1 Å². The minimum Gasteiger partial charge on any atom is -0.493 e. The molecule has 2 aromatic rings. The molecular weight excluding hydrogens is 574 g/mol. The van der Waals surface area contributed by atoms with Crippen LogP contribution in [0.3, 0.4) is 0 Å². The van der Waals surface area contributed by atoms with E-state index in [2.05, 4.69) is 52.9 Å². The Bertz CT molecular complexity index is 940. The molecule has 0 aliphatic heterocycles. The smallest absolute Gasteiger partial charge is 0.360 e. The molecule has 0 amide bonds. The Kier molecular flexibility index (Phi) is 9.19. The quantitative estimate of drug-likeness (QED) is 0.226. The van der Waals surface area contributed by atoms with Crippen molar-refractivity contribution in [3.05, 3.63) is 61.0 Å². The molecule has 0 aliphatic carbocycles. The summed E-state index contributed by atoms with van der Waals surface area (Å²) in [5, 5.41) is 3.81. The minimum atomic E-state index is -0.604. The van der Waals surface area contributed by atoms with Gasteiger partial charge in [0.05, 0.1) is 22.1 Å². The van der Waals surface area contributed by atoms with Gasteiger partial charge in [0, 0.05) is 5.56 Å². The molecular formula is C20H18Br3NO5. The average molecular weight is 592 g/mol. The molecule has 0 fully saturated rings. The van der Waals surface area contributed by atoms with Gasteiger partial charge in [-0.1, -0.05) is 29.4 Å². The number of benzene rings is 2. The maximum atomic E-state index is 12.1. The van der Waals surface area contributed by atoms with Gasteiger partial charge in [0.2, 0.25) is 0 Å². The van der Waals surface area contributed by atoms with Gasteiger partial charge in [-0.3, -0.25) is 0 Å². The van der Waals surface area contributed by atoms with Crippen molar-refractivity contribution < 1.29 is 23.8 Å². The Labute approximate surface area is 194 Å². The lowest BCUT2D eigenvalue weighted by atomic mass is 10.0. The van der Waals surface area contributed by atoms with E-state index in [9.17, 15) is 4.79 Å². The number of esters is 1. The van der Waals surface area contributed by atoms with Crippen molar-refractivity contribution in [2.24, 2.45) is 5.16 Å². The number of oxime groups is 1. The van der Waals surface area contributed by atoms with Crippen molar-refractivity contribution in [2.75, 3.05) is 21.3 Å². The number of nitrogens with zero attached hydrogens (tertiary/aromatic N) is 1. The summed E-state index contributed by atoms with van der Waals surface area (Å²) in [7, 11) is 4.22. The van der Waals surface area contributed by atoms with Crippen molar-refractivity contribution >= 4 is 65.5 Å². The van der Waals surface area contributed by atoms with Gasteiger partial charge in [-0.15, -0.1) is 0 Å². The lowest BCUT2D eigenvalue weighted by Gasteiger charge is -2.16. The predicted octanol–water partition coefficient (Wildman–Crippen LogP) is 5.65. The molecule has 2 aromatic carbocycles. The van der Waals surface area contributed by atoms with Crippen LogP contribution in [0.15, 0.2) is 49.4 Å². The zero-order chi connectivity index (χ0) is 21.4. The molecule has 0 atom stereocenters. The summed E-state index contributed by atoms with van der Waals surface area (Å²) in [5.74, 6) is 0.490. The maximum Gasteiger partial charge on any atom is 0.360 e. The third kappa shape index (κ3) is 6.07. The standard InChI is InChI=1S/C20H18Br3NO5/c1-26-15-9-8-12(10-16(21)22)17(23)19(15)29-11-13-6-4-5-7-14(13)18(24-28-3)20(25)27-2/h4-10H,11H2,1-3H3/b24-18+. The number of rotatable bonds is 8. The van der Waals surface area contributed by atoms with E-state index >= 15 is 0 Å². The summed E-state index contributed by atoms with van der Waals surface area (Å²) in [6.07, 6.45) is 1.88. The Morgan fingerprint density at radius 3 is 2.45 bits per heavy atom. The summed E-state index contributed by atoms with van der Waals surface area (Å²) in [5.41, 5.74) is 2.22. The highest BCUT2D eigenvalue weighted by Gasteiger charge is 2.20. The first-order valence-electron chi connectivity index (χ1n) is 8.22. The molecule has 0 saturated heterocycles. The van der Waals surface area contributed by atoms with Crippen LogP contribution in [-0.4, -0.2) is 33.0 Å². The molecule has 0 bridgehead atoms. The van der Waals surface area contributed by atoms with Crippen LogP contribution in [0, 0.1) is 0 Å². The fourth-order valence-electron chi connectivity index (χ4n) is 2.49. The summed E-state index contributed by atoms with van der Waals surface area (Å²) < 4.78 is 17.8. The minimum absolute atomic E-state index is 0.0557. The second-order valence-electron chi connectivity index (χ2n) is 5.49. The van der Waals surface area contributed by atoms with E-state index in [1.54, 1.807) is 19.2 Å². The van der Waals surface area contributed by atoms with Crippen LogP contribution in [0.4, 0.5) is 0 Å². The third-order valence-corrected chi connectivity index (χ3v) is 5.06. The van der Waals surface area contributed by atoms with E-state index in [0.29, 0.717) is 17.1 Å². The first-order valence-corrected chi connectivity index (χ1v) is 10.6. The summed E-state index contributed by atoms with van der Waals surface area (Å²) in [4.78, 5) is 16.9. The van der Waals surface area contributed by atoms with E-state index in [1.165, 1.54) is 14.2 Å². The molecule has 0 N–H and O–H groups in total. The van der Waals surface area contributed by atoms with E-state index in [1.807, 2.05) is 30.3 Å². The van der Waals surface area contributed by atoms with Gasteiger partial charge in [-0.25, -0.2) is 4.79 Å². The fraction of sp³-hybridized carbons (Fsp3) is 0.200. The Morgan fingerprint density at radius 2 is 1.83 bits per heavy atom. The first kappa shape index (κ1) is 23.4. The number of carbonyl (C=O) groups is 1. The topological polar surface area (TPSA) is 66.4 Å². The third-order valence-electron chi connectivity index (χ3n) is 3.78. The SMILES string of the molecule is CO/N=C(/C(=O)OC)c1ccccc1COc1c(OC)ccc(C=C(Br)Br)c1Br. The van der Waals surface area contributed by atoms with Crippen LogP contribution in [0.25, 0.3) is 6.08 Å². The number of carbonyl (C=O) groups excluding carboxylic acids is 1. The molecule has 0 saturated carbocycles. The summed E-state index contributed by atoms with van der Waals surface area (Å²) in [6.45, 7) is 0.160. The van der Waals surface area contributed by atoms with Crippen LogP contribution in [0.2, 0.25) is 0 Å². The number of ether oxygens (including phenoxy) is 3. The molecule has 0 unspecified atom stereocenters. The Morgan fingerprint density at radius 1 is 1.10 bits per heavy atom. The molecule has 9 heteroatoms. The van der Waals surface area contributed by atoms with E-state index < -0.39 is 5.97 Å². The first-order chi connectivity index (χ1) is 13.9.